The predicted molar refractivity (Wildman–Crippen MR) is 86.1 cm³/mol. The predicted octanol–water partition coefficient (Wildman–Crippen LogP) is 2.03. The van der Waals surface area contributed by atoms with E-state index in [0.717, 1.165) is 13.0 Å². The summed E-state index contributed by atoms with van der Waals surface area (Å²) in [4.78, 5) is 14.0. The Morgan fingerprint density at radius 1 is 1.32 bits per heavy atom. The molecule has 1 atom stereocenters. The van der Waals surface area contributed by atoms with E-state index in [9.17, 15) is 4.79 Å². The van der Waals surface area contributed by atoms with Gasteiger partial charge in [0.05, 0.1) is 24.9 Å². The Labute approximate surface area is 134 Å². The topological polar surface area (TPSA) is 60.0 Å². The van der Waals surface area contributed by atoms with E-state index in [2.05, 4.69) is 19.2 Å². The van der Waals surface area contributed by atoms with Crippen LogP contribution in [0, 0.1) is 0 Å². The molecule has 0 aromatic heterocycles. The van der Waals surface area contributed by atoms with Gasteiger partial charge in [0.25, 0.3) is 0 Å². The molecule has 0 aromatic carbocycles. The number of morpholine rings is 1. The van der Waals surface area contributed by atoms with Gasteiger partial charge in [-0.2, -0.15) is 0 Å². The van der Waals surface area contributed by atoms with Crippen molar-refractivity contribution in [1.29, 1.82) is 0 Å². The third-order valence-corrected chi connectivity index (χ3v) is 3.69. The molecule has 1 rings (SSSR count). The molecule has 1 saturated heterocycles. The van der Waals surface area contributed by atoms with Gasteiger partial charge in [0.1, 0.15) is 5.60 Å². The first-order valence-corrected chi connectivity index (χ1v) is 7.98. The zero-order valence-corrected chi connectivity index (χ0v) is 14.9. The number of amides is 1. The number of rotatable bonds is 6. The highest BCUT2D eigenvalue weighted by Gasteiger charge is 2.30. The normalized spacial score (nSPS) is 20.1. The smallest absolute Gasteiger partial charge is 0.410 e. The standard InChI is InChI=1S/C16H32N2O4/c1-15(2,3)22-14(19)18-9-10-21-12-13(18)11-17-8-7-16(4,5)20-6/h13,17H,7-12H2,1-6H3. The fourth-order valence-electron chi connectivity index (χ4n) is 2.15. The van der Waals surface area contributed by atoms with Crippen LogP contribution in [-0.4, -0.2) is 68.2 Å². The van der Waals surface area contributed by atoms with E-state index in [4.69, 9.17) is 14.2 Å². The lowest BCUT2D eigenvalue weighted by molar-refractivity contribution is -0.0323. The van der Waals surface area contributed by atoms with Crippen molar-refractivity contribution in [1.82, 2.24) is 10.2 Å². The number of nitrogens with zero attached hydrogens (tertiary/aromatic N) is 1. The Kier molecular flexibility index (Phi) is 7.09. The number of nitrogens with one attached hydrogen (secondary N) is 1. The van der Waals surface area contributed by atoms with Gasteiger partial charge >= 0.3 is 6.09 Å². The highest BCUT2D eigenvalue weighted by atomic mass is 16.6. The molecule has 6 nitrogen and oxygen atoms in total. The number of hydrogen-bond acceptors (Lipinski definition) is 5. The summed E-state index contributed by atoms with van der Waals surface area (Å²) in [6.07, 6.45) is 0.642. The maximum atomic E-state index is 12.3. The van der Waals surface area contributed by atoms with E-state index < -0.39 is 5.60 Å². The molecule has 0 saturated carbocycles. The molecule has 0 spiro atoms. The van der Waals surface area contributed by atoms with Crippen LogP contribution in [0.5, 0.6) is 0 Å². The van der Waals surface area contributed by atoms with Crippen LogP contribution in [0.3, 0.4) is 0 Å². The fourth-order valence-corrected chi connectivity index (χ4v) is 2.15. The quantitative estimate of drug-likeness (QED) is 0.760. The monoisotopic (exact) mass is 316 g/mol. The Morgan fingerprint density at radius 2 is 2.00 bits per heavy atom. The van der Waals surface area contributed by atoms with Crippen molar-refractivity contribution < 1.29 is 19.0 Å². The van der Waals surface area contributed by atoms with E-state index >= 15 is 0 Å². The van der Waals surface area contributed by atoms with Crippen LogP contribution in [0.1, 0.15) is 41.0 Å². The van der Waals surface area contributed by atoms with E-state index in [-0.39, 0.29) is 17.7 Å². The minimum atomic E-state index is -0.476. The molecule has 1 N–H and O–H groups in total. The number of carbonyl (C=O) groups excluding carboxylic acids is 1. The second-order valence-corrected chi connectivity index (χ2v) is 7.32. The molecule has 1 aliphatic rings. The average molecular weight is 316 g/mol. The lowest BCUT2D eigenvalue weighted by atomic mass is 10.1. The van der Waals surface area contributed by atoms with Crippen LogP contribution in [0.2, 0.25) is 0 Å². The van der Waals surface area contributed by atoms with Gasteiger partial charge in [-0.1, -0.05) is 0 Å². The van der Waals surface area contributed by atoms with Gasteiger partial charge in [0.2, 0.25) is 0 Å². The molecule has 1 fully saturated rings. The van der Waals surface area contributed by atoms with Gasteiger partial charge < -0.3 is 19.5 Å². The van der Waals surface area contributed by atoms with E-state index in [1.165, 1.54) is 0 Å². The molecule has 6 heteroatoms. The summed E-state index contributed by atoms with van der Waals surface area (Å²) in [5.41, 5.74) is -0.614. The third-order valence-electron chi connectivity index (χ3n) is 3.69. The summed E-state index contributed by atoms with van der Waals surface area (Å²) in [6.45, 7) is 13.0. The van der Waals surface area contributed by atoms with Crippen molar-refractivity contribution in [2.75, 3.05) is 40.0 Å². The molecule has 0 aromatic rings. The van der Waals surface area contributed by atoms with Crippen LogP contribution in [0.15, 0.2) is 0 Å². The molecule has 1 unspecified atom stereocenters. The Morgan fingerprint density at radius 3 is 2.59 bits per heavy atom. The lowest BCUT2D eigenvalue weighted by Gasteiger charge is -2.36. The van der Waals surface area contributed by atoms with Crippen molar-refractivity contribution in [3.63, 3.8) is 0 Å². The van der Waals surface area contributed by atoms with Crippen LogP contribution in [0.25, 0.3) is 0 Å². The summed E-state index contributed by atoms with van der Waals surface area (Å²) >= 11 is 0. The first-order valence-electron chi connectivity index (χ1n) is 7.98. The molecule has 0 aliphatic carbocycles. The summed E-state index contributed by atoms with van der Waals surface area (Å²) in [5, 5.41) is 3.38. The van der Waals surface area contributed by atoms with Gasteiger partial charge in [0.15, 0.2) is 0 Å². The van der Waals surface area contributed by atoms with Gasteiger partial charge in [0, 0.05) is 20.2 Å². The minimum Gasteiger partial charge on any atom is -0.444 e. The first kappa shape index (κ1) is 19.2. The second-order valence-electron chi connectivity index (χ2n) is 7.32. The van der Waals surface area contributed by atoms with Crippen molar-refractivity contribution in [3.05, 3.63) is 0 Å². The molecular formula is C16H32N2O4. The fraction of sp³-hybridized carbons (Fsp3) is 0.938. The Bertz CT molecular complexity index is 353. The second kappa shape index (κ2) is 8.13. The molecule has 0 radical (unpaired) electrons. The first-order chi connectivity index (χ1) is 10.1. The summed E-state index contributed by atoms with van der Waals surface area (Å²) < 4.78 is 16.4. The highest BCUT2D eigenvalue weighted by Crippen LogP contribution is 2.15. The molecule has 1 heterocycles. The largest absolute Gasteiger partial charge is 0.444 e. The number of methoxy groups -OCH3 is 1. The summed E-state index contributed by atoms with van der Waals surface area (Å²) in [5.74, 6) is 0. The Balaban J connectivity index is 2.43. The van der Waals surface area contributed by atoms with Gasteiger partial charge in [-0.25, -0.2) is 4.79 Å². The lowest BCUT2D eigenvalue weighted by Crippen LogP contribution is -2.54. The molecule has 0 bridgehead atoms. The SMILES string of the molecule is COC(C)(C)CCNCC1COCCN1C(=O)OC(C)(C)C. The maximum Gasteiger partial charge on any atom is 0.410 e. The van der Waals surface area contributed by atoms with E-state index in [0.29, 0.717) is 26.3 Å². The van der Waals surface area contributed by atoms with E-state index in [1.54, 1.807) is 12.0 Å². The van der Waals surface area contributed by atoms with Crippen LogP contribution in [0.4, 0.5) is 4.79 Å². The highest BCUT2D eigenvalue weighted by molar-refractivity contribution is 5.68. The average Bonchev–Trinajstić information content (AvgIpc) is 2.42. The zero-order chi connectivity index (χ0) is 16.8. The Hall–Kier alpha value is -0.850. The van der Waals surface area contributed by atoms with Crippen molar-refractivity contribution in [3.8, 4) is 0 Å². The number of hydrogen-bond donors (Lipinski definition) is 1. The third kappa shape index (κ3) is 6.94. The summed E-state index contributed by atoms with van der Waals surface area (Å²) in [6, 6.07) is 0.00857. The van der Waals surface area contributed by atoms with Crippen molar-refractivity contribution in [2.24, 2.45) is 0 Å². The number of carbonyl (C=O) groups is 1. The van der Waals surface area contributed by atoms with Gasteiger partial charge in [-0.05, 0) is 47.6 Å². The minimum absolute atomic E-state index is 0.00857. The van der Waals surface area contributed by atoms with Crippen LogP contribution in [-0.2, 0) is 14.2 Å². The molecule has 1 aliphatic heterocycles. The van der Waals surface area contributed by atoms with Crippen LogP contribution < -0.4 is 5.32 Å². The molecule has 22 heavy (non-hydrogen) atoms. The zero-order valence-electron chi connectivity index (χ0n) is 14.9. The van der Waals surface area contributed by atoms with E-state index in [1.807, 2.05) is 20.8 Å². The van der Waals surface area contributed by atoms with Gasteiger partial charge in [-0.15, -0.1) is 0 Å². The van der Waals surface area contributed by atoms with Crippen LogP contribution >= 0.6 is 0 Å². The van der Waals surface area contributed by atoms with Crippen molar-refractivity contribution in [2.45, 2.75) is 58.3 Å². The van der Waals surface area contributed by atoms with Crippen molar-refractivity contribution >= 4 is 6.09 Å². The van der Waals surface area contributed by atoms with Gasteiger partial charge in [-0.3, -0.25) is 4.90 Å². The molecule has 130 valence electrons. The maximum absolute atomic E-state index is 12.3. The number of ether oxygens (including phenoxy) is 3. The molecule has 1 amide bonds. The molecular weight excluding hydrogens is 284 g/mol. The summed E-state index contributed by atoms with van der Waals surface area (Å²) in [7, 11) is 1.72.